The maximum absolute atomic E-state index is 12.2. The van der Waals surface area contributed by atoms with Crippen molar-refractivity contribution >= 4 is 36.0 Å². The van der Waals surface area contributed by atoms with Crippen molar-refractivity contribution < 1.29 is 39.1 Å². The first-order chi connectivity index (χ1) is 17.6. The van der Waals surface area contributed by atoms with Crippen molar-refractivity contribution in [1.82, 2.24) is 40.4 Å². The third-order valence-electron chi connectivity index (χ3n) is 6.38. The van der Waals surface area contributed by atoms with Crippen molar-refractivity contribution in [3.8, 4) is 0 Å². The highest BCUT2D eigenvalue weighted by Gasteiger charge is 2.52. The Morgan fingerprint density at radius 3 is 2.73 bits per heavy atom. The quantitative estimate of drug-likeness (QED) is 0.105. The molecule has 37 heavy (non-hydrogen) atoms. The van der Waals surface area contributed by atoms with Gasteiger partial charge < -0.3 is 39.9 Å². The van der Waals surface area contributed by atoms with Crippen molar-refractivity contribution in [2.45, 2.75) is 49.1 Å². The highest BCUT2D eigenvalue weighted by Crippen LogP contribution is 2.53. The smallest absolute Gasteiger partial charge is 0.359 e. The van der Waals surface area contributed by atoms with Crippen LogP contribution in [0.25, 0.3) is 11.0 Å². The molecule has 5 rings (SSSR count). The minimum atomic E-state index is -5.11. The topological polar surface area (TPSA) is 247 Å². The first-order valence-electron chi connectivity index (χ1n) is 11.3. The molecule has 1 aliphatic heterocycles. The van der Waals surface area contributed by atoms with Gasteiger partial charge in [0.15, 0.2) is 23.0 Å². The number of halogens is 1. The lowest BCUT2D eigenvalue weighted by molar-refractivity contribution is -0.109. The second-order valence-corrected chi connectivity index (χ2v) is 11.2. The molecule has 0 radical (unpaired) electrons. The second-order valence-electron chi connectivity index (χ2n) is 9.00. The van der Waals surface area contributed by atoms with Gasteiger partial charge in [0.1, 0.15) is 24.1 Å². The van der Waals surface area contributed by atoms with Crippen molar-refractivity contribution in [1.29, 1.82) is 0 Å². The molecule has 1 saturated heterocycles. The van der Waals surface area contributed by atoms with Gasteiger partial charge in [-0.15, -0.1) is 10.2 Å². The third-order valence-corrected chi connectivity index (χ3v) is 8.04. The number of hydrogen-bond donors (Lipinski definition) is 7. The number of ether oxygens (including phenoxy) is 2. The van der Waals surface area contributed by atoms with E-state index in [0.29, 0.717) is 23.7 Å². The standard InChI is InChI=1S/C18H25ClN9O8P/c19-17-22-14(20-4-8-1-2-8)9-5-21-28(15(9)23-17)16-13(31)12(30)10(36-16)6-35-18(7-29,37(32,33)34)3-11-24-26-27-25-11/h5,8,10,12-13,16,29-31H,1-4,6-7H2,(H,20,22,23)(H2,32,33,34)(H,24,25,26,27)/t10-,12-,13-,16-,18?/m1/s1. The van der Waals surface area contributed by atoms with E-state index >= 15 is 0 Å². The molecule has 0 bridgehead atoms. The molecule has 1 saturated carbocycles. The van der Waals surface area contributed by atoms with E-state index in [9.17, 15) is 29.7 Å². The number of nitrogens with zero attached hydrogens (tertiary/aromatic N) is 7. The van der Waals surface area contributed by atoms with Gasteiger partial charge in [-0.1, -0.05) is 5.21 Å². The number of rotatable bonds is 11. The molecule has 202 valence electrons. The van der Waals surface area contributed by atoms with Crippen LogP contribution in [0.1, 0.15) is 24.9 Å². The summed E-state index contributed by atoms with van der Waals surface area (Å²) in [5.74, 6) is 0.916. The van der Waals surface area contributed by atoms with E-state index < -0.39 is 57.1 Å². The van der Waals surface area contributed by atoms with Gasteiger partial charge in [-0.05, 0) is 30.4 Å². The predicted octanol–water partition coefficient (Wildman–Crippen LogP) is -1.44. The van der Waals surface area contributed by atoms with Crippen molar-refractivity contribution in [3.05, 3.63) is 17.3 Å². The van der Waals surface area contributed by atoms with Crippen LogP contribution in [0.3, 0.4) is 0 Å². The molecular weight excluding hydrogens is 537 g/mol. The minimum absolute atomic E-state index is 0.0590. The maximum atomic E-state index is 12.2. The number of tetrazole rings is 1. The number of aromatic nitrogens is 8. The van der Waals surface area contributed by atoms with Crippen LogP contribution in [0.4, 0.5) is 5.82 Å². The Labute approximate surface area is 213 Å². The molecule has 4 heterocycles. The first kappa shape index (κ1) is 26.3. The lowest BCUT2D eigenvalue weighted by atomic mass is 10.1. The van der Waals surface area contributed by atoms with E-state index in [1.165, 1.54) is 10.9 Å². The molecule has 2 fully saturated rings. The summed E-state index contributed by atoms with van der Waals surface area (Å²) in [4.78, 5) is 28.2. The van der Waals surface area contributed by atoms with E-state index in [1.54, 1.807) is 0 Å². The van der Waals surface area contributed by atoms with Crippen molar-refractivity contribution in [2.24, 2.45) is 5.92 Å². The van der Waals surface area contributed by atoms with Crippen molar-refractivity contribution in [3.63, 3.8) is 0 Å². The van der Waals surface area contributed by atoms with Crippen molar-refractivity contribution in [2.75, 3.05) is 25.1 Å². The molecule has 0 aromatic carbocycles. The van der Waals surface area contributed by atoms with Crippen LogP contribution >= 0.6 is 19.2 Å². The Hall–Kier alpha value is -2.34. The Morgan fingerprint density at radius 1 is 1.30 bits per heavy atom. The summed E-state index contributed by atoms with van der Waals surface area (Å²) >= 11 is 6.11. The molecular formula is C18H25ClN9O8P. The van der Waals surface area contributed by atoms with Gasteiger partial charge in [-0.2, -0.15) is 20.3 Å². The Kier molecular flexibility index (Phi) is 7.16. The summed E-state index contributed by atoms with van der Waals surface area (Å²) in [6.45, 7) is -0.998. The van der Waals surface area contributed by atoms with Crippen LogP contribution in [0, 0.1) is 5.92 Å². The van der Waals surface area contributed by atoms with Gasteiger partial charge in [0.05, 0.1) is 31.2 Å². The average molecular weight is 562 g/mol. The summed E-state index contributed by atoms with van der Waals surface area (Å²) in [5, 5.41) is 49.4. The Morgan fingerprint density at radius 2 is 2.08 bits per heavy atom. The maximum Gasteiger partial charge on any atom is 0.359 e. The van der Waals surface area contributed by atoms with Gasteiger partial charge >= 0.3 is 7.60 Å². The highest BCUT2D eigenvalue weighted by atomic mass is 35.5. The zero-order valence-electron chi connectivity index (χ0n) is 19.1. The van der Waals surface area contributed by atoms with Crippen LogP contribution in [0.2, 0.25) is 5.28 Å². The number of aromatic amines is 1. The molecule has 3 aromatic heterocycles. The Bertz CT molecular complexity index is 1290. The number of nitrogens with one attached hydrogen (secondary N) is 2. The van der Waals surface area contributed by atoms with Crippen LogP contribution in [-0.2, 0) is 20.5 Å². The molecule has 0 spiro atoms. The molecule has 17 nitrogen and oxygen atoms in total. The van der Waals surface area contributed by atoms with E-state index in [2.05, 4.69) is 41.0 Å². The van der Waals surface area contributed by atoms with Gasteiger partial charge in [-0.3, -0.25) is 4.57 Å². The van der Waals surface area contributed by atoms with Gasteiger partial charge in [0.2, 0.25) is 5.28 Å². The number of anilines is 1. The van der Waals surface area contributed by atoms with Crippen LogP contribution in [-0.4, -0.2) is 109 Å². The second kappa shape index (κ2) is 10.1. The molecule has 5 atom stereocenters. The fourth-order valence-electron chi connectivity index (χ4n) is 4.03. The van der Waals surface area contributed by atoms with E-state index in [-0.39, 0.29) is 16.8 Å². The molecule has 3 aromatic rings. The summed E-state index contributed by atoms with van der Waals surface area (Å²) in [6, 6.07) is 0. The highest BCUT2D eigenvalue weighted by molar-refractivity contribution is 7.53. The number of H-pyrrole nitrogens is 1. The van der Waals surface area contributed by atoms with Crippen LogP contribution < -0.4 is 5.32 Å². The van der Waals surface area contributed by atoms with Crippen LogP contribution in [0.15, 0.2) is 6.20 Å². The molecule has 7 N–H and O–H groups in total. The third kappa shape index (κ3) is 5.19. The lowest BCUT2D eigenvalue weighted by Gasteiger charge is -2.32. The van der Waals surface area contributed by atoms with E-state index in [0.717, 1.165) is 12.8 Å². The minimum Gasteiger partial charge on any atom is -0.393 e. The molecule has 1 aliphatic carbocycles. The number of aliphatic hydroxyl groups excluding tert-OH is 3. The normalized spacial score (nSPS) is 26.0. The summed E-state index contributed by atoms with van der Waals surface area (Å²) in [6.07, 6.45) is -2.39. The Balaban J connectivity index is 1.35. The van der Waals surface area contributed by atoms with E-state index in [1.807, 2.05) is 0 Å². The molecule has 1 unspecified atom stereocenters. The summed E-state index contributed by atoms with van der Waals surface area (Å²) in [5.41, 5.74) is 0.244. The number of aliphatic hydroxyl groups is 3. The first-order valence-corrected chi connectivity index (χ1v) is 13.3. The monoisotopic (exact) mass is 561 g/mol. The molecule has 0 amide bonds. The summed E-state index contributed by atoms with van der Waals surface area (Å²) < 4.78 is 24.7. The molecule has 2 aliphatic rings. The fraction of sp³-hybridized carbons (Fsp3) is 0.667. The van der Waals surface area contributed by atoms with Gasteiger partial charge in [-0.25, -0.2) is 4.68 Å². The van der Waals surface area contributed by atoms with E-state index in [4.69, 9.17) is 21.1 Å². The predicted molar refractivity (Wildman–Crippen MR) is 123 cm³/mol. The van der Waals surface area contributed by atoms with Gasteiger partial charge in [0.25, 0.3) is 0 Å². The average Bonchev–Trinajstić information content (AvgIpc) is 3.23. The molecule has 19 heteroatoms. The zero-order chi connectivity index (χ0) is 26.4. The SMILES string of the molecule is O=P(O)(O)C(CO)(Cc1nn[nH]n1)OC[C@H]1O[C@@H](n2ncc3c(NCC4CC4)nc(Cl)nc32)[C@H](O)[C@@H]1O. The fourth-order valence-corrected chi connectivity index (χ4v) is 4.96. The zero-order valence-corrected chi connectivity index (χ0v) is 20.8. The van der Waals surface area contributed by atoms with Crippen LogP contribution in [0.5, 0.6) is 0 Å². The lowest BCUT2D eigenvalue weighted by Crippen LogP contribution is -2.43. The largest absolute Gasteiger partial charge is 0.393 e. The number of fused-ring (bicyclic) bond motifs is 1. The summed E-state index contributed by atoms with van der Waals surface area (Å²) in [7, 11) is -5.11. The number of hydrogen-bond acceptors (Lipinski definition) is 13. The van der Waals surface area contributed by atoms with Gasteiger partial charge in [0, 0.05) is 6.54 Å².